The standard InChI is InChI=1S/C8H14N2O2.C7H14N2O/c1-2-9-3-4-10-7(5-9)6-12-8(10)11;1-3-9-5-4-8(2)6-7(9)10/h7H,2-6H2,1H3;3-6H2,1-2H3. The maximum Gasteiger partial charge on any atom is 0.410 e. The molecule has 7 heteroatoms. The second-order valence-corrected chi connectivity index (χ2v) is 6.03. The van der Waals surface area contributed by atoms with Gasteiger partial charge in [-0.15, -0.1) is 0 Å². The van der Waals surface area contributed by atoms with Gasteiger partial charge in [-0.05, 0) is 20.5 Å². The fourth-order valence-corrected chi connectivity index (χ4v) is 3.00. The van der Waals surface area contributed by atoms with Crippen molar-refractivity contribution in [1.29, 1.82) is 0 Å². The number of cyclic esters (lactones) is 1. The molecule has 3 fully saturated rings. The molecular formula is C15H28N4O3. The molecule has 3 heterocycles. The smallest absolute Gasteiger partial charge is 0.410 e. The van der Waals surface area contributed by atoms with E-state index in [1.807, 2.05) is 23.8 Å². The summed E-state index contributed by atoms with van der Waals surface area (Å²) in [6.45, 7) is 12.0. The third-order valence-corrected chi connectivity index (χ3v) is 4.54. The molecule has 3 saturated heterocycles. The fourth-order valence-electron chi connectivity index (χ4n) is 3.00. The molecule has 0 aromatic carbocycles. The minimum Gasteiger partial charge on any atom is -0.447 e. The molecule has 0 aromatic rings. The molecule has 3 aliphatic heterocycles. The molecule has 1 atom stereocenters. The molecule has 0 spiro atoms. The van der Waals surface area contributed by atoms with Crippen LogP contribution in [0.2, 0.25) is 0 Å². The molecule has 0 aromatic heterocycles. The Morgan fingerprint density at radius 3 is 2.50 bits per heavy atom. The number of hydrogen-bond acceptors (Lipinski definition) is 5. The molecule has 0 N–H and O–H groups in total. The molecule has 1 unspecified atom stereocenters. The Hall–Kier alpha value is -1.34. The molecular weight excluding hydrogens is 284 g/mol. The number of nitrogens with zero attached hydrogens (tertiary/aromatic N) is 4. The quantitative estimate of drug-likeness (QED) is 0.714. The molecule has 3 rings (SSSR count). The first-order valence-corrected chi connectivity index (χ1v) is 8.17. The van der Waals surface area contributed by atoms with Gasteiger partial charge in [-0.25, -0.2) is 4.79 Å². The second-order valence-electron chi connectivity index (χ2n) is 6.03. The van der Waals surface area contributed by atoms with Gasteiger partial charge in [0.2, 0.25) is 5.91 Å². The number of hydrogen-bond donors (Lipinski definition) is 0. The van der Waals surface area contributed by atoms with Crippen molar-refractivity contribution in [2.75, 3.05) is 66.0 Å². The first-order valence-electron chi connectivity index (χ1n) is 8.17. The van der Waals surface area contributed by atoms with Gasteiger partial charge in [-0.2, -0.15) is 0 Å². The van der Waals surface area contributed by atoms with Crippen molar-refractivity contribution in [3.8, 4) is 0 Å². The van der Waals surface area contributed by atoms with E-state index in [9.17, 15) is 9.59 Å². The maximum absolute atomic E-state index is 11.1. The van der Waals surface area contributed by atoms with Crippen molar-refractivity contribution in [2.45, 2.75) is 19.9 Å². The predicted molar refractivity (Wildman–Crippen MR) is 83.7 cm³/mol. The van der Waals surface area contributed by atoms with Crippen LogP contribution >= 0.6 is 0 Å². The number of rotatable bonds is 2. The first kappa shape index (κ1) is 17.0. The Kier molecular flexibility index (Phi) is 6.02. The Bertz CT molecular complexity index is 404. The van der Waals surface area contributed by atoms with Gasteiger partial charge in [0, 0.05) is 39.3 Å². The van der Waals surface area contributed by atoms with Crippen molar-refractivity contribution < 1.29 is 14.3 Å². The minimum absolute atomic E-state index is 0.129. The number of piperazine rings is 2. The van der Waals surface area contributed by atoms with Crippen LogP contribution in [-0.2, 0) is 9.53 Å². The minimum atomic E-state index is -0.129. The summed E-state index contributed by atoms with van der Waals surface area (Å²) in [5.41, 5.74) is 0. The topological polar surface area (TPSA) is 56.3 Å². The zero-order chi connectivity index (χ0) is 16.1. The van der Waals surface area contributed by atoms with Crippen LogP contribution in [0, 0.1) is 0 Å². The monoisotopic (exact) mass is 312 g/mol. The number of likely N-dealkylation sites (N-methyl/N-ethyl adjacent to an activating group) is 3. The molecule has 126 valence electrons. The zero-order valence-electron chi connectivity index (χ0n) is 14.0. The summed E-state index contributed by atoms with van der Waals surface area (Å²) in [6.07, 6.45) is -0.129. The van der Waals surface area contributed by atoms with Gasteiger partial charge < -0.3 is 9.64 Å². The summed E-state index contributed by atoms with van der Waals surface area (Å²) >= 11 is 0. The Morgan fingerprint density at radius 1 is 1.09 bits per heavy atom. The van der Waals surface area contributed by atoms with Crippen LogP contribution in [0.4, 0.5) is 4.79 Å². The van der Waals surface area contributed by atoms with E-state index in [0.29, 0.717) is 19.2 Å². The number of amides is 2. The highest BCUT2D eigenvalue weighted by molar-refractivity contribution is 5.78. The lowest BCUT2D eigenvalue weighted by Gasteiger charge is -2.34. The van der Waals surface area contributed by atoms with E-state index < -0.39 is 0 Å². The van der Waals surface area contributed by atoms with Crippen molar-refractivity contribution in [3.05, 3.63) is 0 Å². The maximum atomic E-state index is 11.1. The van der Waals surface area contributed by atoms with Crippen molar-refractivity contribution in [3.63, 3.8) is 0 Å². The Morgan fingerprint density at radius 2 is 1.86 bits per heavy atom. The van der Waals surface area contributed by atoms with Gasteiger partial charge in [0.1, 0.15) is 6.61 Å². The summed E-state index contributed by atoms with van der Waals surface area (Å²) in [6, 6.07) is 0.311. The van der Waals surface area contributed by atoms with Gasteiger partial charge >= 0.3 is 6.09 Å². The lowest BCUT2D eigenvalue weighted by molar-refractivity contribution is -0.135. The van der Waals surface area contributed by atoms with Crippen LogP contribution < -0.4 is 0 Å². The van der Waals surface area contributed by atoms with E-state index in [4.69, 9.17) is 4.74 Å². The number of carbonyl (C=O) groups excluding carboxylic acids is 2. The third-order valence-electron chi connectivity index (χ3n) is 4.54. The average molecular weight is 312 g/mol. The van der Waals surface area contributed by atoms with Crippen LogP contribution in [0.3, 0.4) is 0 Å². The average Bonchev–Trinajstić information content (AvgIpc) is 2.89. The number of carbonyl (C=O) groups is 2. The summed E-state index contributed by atoms with van der Waals surface area (Å²) < 4.78 is 4.95. The summed E-state index contributed by atoms with van der Waals surface area (Å²) in [4.78, 5) is 30.3. The Labute approximate surface area is 132 Å². The van der Waals surface area contributed by atoms with E-state index in [2.05, 4.69) is 16.7 Å². The number of ether oxygens (including phenoxy) is 1. The Balaban J connectivity index is 0.000000164. The molecule has 0 bridgehead atoms. The van der Waals surface area contributed by atoms with Crippen LogP contribution in [-0.4, -0.2) is 104 Å². The molecule has 22 heavy (non-hydrogen) atoms. The lowest BCUT2D eigenvalue weighted by atomic mass is 10.2. The lowest BCUT2D eigenvalue weighted by Crippen LogP contribution is -2.51. The molecule has 0 radical (unpaired) electrons. The third kappa shape index (κ3) is 4.10. The highest BCUT2D eigenvalue weighted by Gasteiger charge is 2.36. The van der Waals surface area contributed by atoms with E-state index >= 15 is 0 Å². The van der Waals surface area contributed by atoms with Gasteiger partial charge in [0.15, 0.2) is 0 Å². The molecule has 2 amide bonds. The largest absolute Gasteiger partial charge is 0.447 e. The number of fused-ring (bicyclic) bond motifs is 1. The fraction of sp³-hybridized carbons (Fsp3) is 0.867. The SMILES string of the molecule is CCN1CCN(C)CC1=O.CCN1CCN2C(=O)OCC2C1. The van der Waals surface area contributed by atoms with Crippen molar-refractivity contribution >= 4 is 12.0 Å². The molecule has 3 aliphatic rings. The van der Waals surface area contributed by atoms with Gasteiger partial charge in [-0.1, -0.05) is 6.92 Å². The van der Waals surface area contributed by atoms with Gasteiger partial charge in [0.25, 0.3) is 0 Å². The van der Waals surface area contributed by atoms with Gasteiger partial charge in [0.05, 0.1) is 12.6 Å². The van der Waals surface area contributed by atoms with E-state index in [0.717, 1.165) is 45.8 Å². The highest BCUT2D eigenvalue weighted by Crippen LogP contribution is 2.17. The van der Waals surface area contributed by atoms with Crippen molar-refractivity contribution in [1.82, 2.24) is 19.6 Å². The predicted octanol–water partition coefficient (Wildman–Crippen LogP) is -0.0770. The zero-order valence-corrected chi connectivity index (χ0v) is 14.0. The van der Waals surface area contributed by atoms with Crippen LogP contribution in [0.5, 0.6) is 0 Å². The van der Waals surface area contributed by atoms with E-state index in [1.54, 1.807) is 0 Å². The molecule has 0 saturated carbocycles. The van der Waals surface area contributed by atoms with Crippen LogP contribution in [0.1, 0.15) is 13.8 Å². The molecule has 7 nitrogen and oxygen atoms in total. The summed E-state index contributed by atoms with van der Waals surface area (Å²) in [5.74, 6) is 0.260. The summed E-state index contributed by atoms with van der Waals surface area (Å²) in [7, 11) is 1.98. The van der Waals surface area contributed by atoms with Gasteiger partial charge in [-0.3, -0.25) is 19.5 Å². The van der Waals surface area contributed by atoms with Crippen LogP contribution in [0.25, 0.3) is 0 Å². The molecule has 0 aliphatic carbocycles. The van der Waals surface area contributed by atoms with E-state index in [1.165, 1.54) is 0 Å². The second kappa shape index (κ2) is 7.78. The van der Waals surface area contributed by atoms with Crippen molar-refractivity contribution in [2.24, 2.45) is 0 Å². The summed E-state index contributed by atoms with van der Waals surface area (Å²) in [5, 5.41) is 0. The van der Waals surface area contributed by atoms with Crippen LogP contribution in [0.15, 0.2) is 0 Å². The first-order chi connectivity index (χ1) is 10.5. The highest BCUT2D eigenvalue weighted by atomic mass is 16.6. The normalized spacial score (nSPS) is 26.4. The van der Waals surface area contributed by atoms with E-state index in [-0.39, 0.29) is 12.0 Å².